The van der Waals surface area contributed by atoms with E-state index in [1.807, 2.05) is 36.4 Å². The predicted molar refractivity (Wildman–Crippen MR) is 147 cm³/mol. The van der Waals surface area contributed by atoms with Crippen LogP contribution in [0.1, 0.15) is 76.8 Å². The van der Waals surface area contributed by atoms with Crippen LogP contribution in [0.3, 0.4) is 0 Å². The monoisotopic (exact) mass is 513 g/mol. The first-order valence-corrected chi connectivity index (χ1v) is 13.0. The number of aryl methyl sites for hydroxylation is 1. The molecule has 0 aromatic heterocycles. The van der Waals surface area contributed by atoms with E-state index in [4.69, 9.17) is 19.3 Å². The van der Waals surface area contributed by atoms with E-state index in [-0.39, 0.29) is 29.6 Å². The molecule has 2 unspecified atom stereocenters. The molecule has 0 radical (unpaired) electrons. The van der Waals surface area contributed by atoms with Crippen LogP contribution >= 0.6 is 0 Å². The van der Waals surface area contributed by atoms with Crippen LogP contribution in [0.5, 0.6) is 17.2 Å². The minimum atomic E-state index is -0.846. The van der Waals surface area contributed by atoms with Crippen molar-refractivity contribution in [2.45, 2.75) is 72.1 Å². The Morgan fingerprint density at radius 1 is 0.973 bits per heavy atom. The van der Waals surface area contributed by atoms with Gasteiger partial charge in [-0.15, -0.1) is 0 Å². The Morgan fingerprint density at radius 3 is 2.24 bits per heavy atom. The number of carbonyl (C=O) groups is 2. The molecule has 2 aromatic rings. The number of nitrogens with one attached hydrogen (secondary N) is 1. The lowest BCUT2D eigenvalue weighted by molar-refractivity contribution is -0.137. The zero-order valence-corrected chi connectivity index (χ0v) is 23.3. The second-order valence-corrected chi connectivity index (χ2v) is 10.5. The highest BCUT2D eigenvalue weighted by atomic mass is 16.5. The third-order valence-electron chi connectivity index (χ3n) is 6.69. The molecular formula is C30H43NO6. The van der Waals surface area contributed by atoms with E-state index in [9.17, 15) is 9.59 Å². The number of anilines is 1. The Morgan fingerprint density at radius 2 is 1.68 bits per heavy atom. The van der Waals surface area contributed by atoms with Crippen LogP contribution in [-0.4, -0.2) is 38.3 Å². The molecule has 0 saturated heterocycles. The summed E-state index contributed by atoms with van der Waals surface area (Å²) in [5.74, 6) is 0.242. The molecule has 2 N–H and O–H groups in total. The van der Waals surface area contributed by atoms with E-state index in [1.54, 1.807) is 21.3 Å². The first-order valence-electron chi connectivity index (χ1n) is 13.0. The number of aliphatic carboxylic acids is 1. The van der Waals surface area contributed by atoms with E-state index in [0.29, 0.717) is 29.4 Å². The van der Waals surface area contributed by atoms with Gasteiger partial charge in [0.2, 0.25) is 11.7 Å². The van der Waals surface area contributed by atoms with Crippen molar-refractivity contribution in [1.82, 2.24) is 0 Å². The highest BCUT2D eigenvalue weighted by Gasteiger charge is 2.40. The van der Waals surface area contributed by atoms with Crippen molar-refractivity contribution in [3.8, 4) is 17.2 Å². The molecule has 7 heteroatoms. The quantitative estimate of drug-likeness (QED) is 0.273. The highest BCUT2D eigenvalue weighted by molar-refractivity contribution is 5.94. The van der Waals surface area contributed by atoms with Crippen LogP contribution in [0.15, 0.2) is 36.4 Å². The number of methoxy groups -OCH3 is 3. The minimum Gasteiger partial charge on any atom is -0.493 e. The molecule has 2 atom stereocenters. The maximum Gasteiger partial charge on any atom is 0.303 e. The van der Waals surface area contributed by atoms with Crippen molar-refractivity contribution in [1.29, 1.82) is 0 Å². The van der Waals surface area contributed by atoms with Gasteiger partial charge in [-0.3, -0.25) is 9.59 Å². The number of unbranched alkanes of at least 4 members (excludes halogenated alkanes) is 2. The SMILES string of the molecule is CCCCCC(c1ccc(OC)c(OC)c1OC)C(C(=O)Nc1cccc(CCC(=O)O)c1)C(C)(C)C. The van der Waals surface area contributed by atoms with Crippen molar-refractivity contribution in [2.24, 2.45) is 11.3 Å². The van der Waals surface area contributed by atoms with Gasteiger partial charge in [0.25, 0.3) is 0 Å². The third-order valence-corrected chi connectivity index (χ3v) is 6.69. The maximum absolute atomic E-state index is 14.0. The standard InChI is InChI=1S/C30H43NO6/c1-8-9-10-14-22(23-16-17-24(35-5)28(37-7)27(23)36-6)26(30(2,3)4)29(34)31-21-13-11-12-20(19-21)15-18-25(32)33/h11-13,16-17,19,22,26H,8-10,14-15,18H2,1-7H3,(H,31,34)(H,32,33). The molecule has 0 aliphatic carbocycles. The van der Waals surface area contributed by atoms with Crippen molar-refractivity contribution >= 4 is 17.6 Å². The van der Waals surface area contributed by atoms with Gasteiger partial charge >= 0.3 is 5.97 Å². The molecule has 0 spiro atoms. The average Bonchev–Trinajstić information content (AvgIpc) is 2.85. The van der Waals surface area contributed by atoms with Crippen LogP contribution < -0.4 is 19.5 Å². The molecule has 0 fully saturated rings. The van der Waals surface area contributed by atoms with E-state index < -0.39 is 5.97 Å². The van der Waals surface area contributed by atoms with Crippen molar-refractivity contribution in [2.75, 3.05) is 26.6 Å². The maximum atomic E-state index is 14.0. The van der Waals surface area contributed by atoms with Crippen LogP contribution in [-0.2, 0) is 16.0 Å². The fraction of sp³-hybridized carbons (Fsp3) is 0.533. The first kappa shape index (κ1) is 30.0. The Labute approximate surface area is 221 Å². The van der Waals surface area contributed by atoms with E-state index in [1.165, 1.54) is 0 Å². The summed E-state index contributed by atoms with van der Waals surface area (Å²) in [7, 11) is 4.78. The number of carbonyl (C=O) groups excluding carboxylic acids is 1. The summed E-state index contributed by atoms with van der Waals surface area (Å²) in [6.07, 6.45) is 4.38. The Balaban J connectivity index is 2.52. The number of hydrogen-bond donors (Lipinski definition) is 2. The minimum absolute atomic E-state index is 0.0423. The molecule has 0 heterocycles. The molecule has 7 nitrogen and oxygen atoms in total. The molecule has 0 saturated carbocycles. The second kappa shape index (κ2) is 13.9. The zero-order chi connectivity index (χ0) is 27.6. The molecule has 0 aliphatic rings. The Bertz CT molecular complexity index is 1040. The summed E-state index contributed by atoms with van der Waals surface area (Å²) in [5.41, 5.74) is 2.09. The smallest absolute Gasteiger partial charge is 0.303 e. The number of rotatable bonds is 14. The van der Waals surface area contributed by atoms with E-state index in [2.05, 4.69) is 33.0 Å². The number of carboxylic acids is 1. The Kier molecular flexibility index (Phi) is 11.3. The molecule has 2 aromatic carbocycles. The lowest BCUT2D eigenvalue weighted by Crippen LogP contribution is -2.38. The fourth-order valence-electron chi connectivity index (χ4n) is 4.99. The van der Waals surface area contributed by atoms with Gasteiger partial charge in [-0.1, -0.05) is 65.2 Å². The largest absolute Gasteiger partial charge is 0.493 e. The summed E-state index contributed by atoms with van der Waals surface area (Å²) in [5, 5.41) is 12.1. The number of ether oxygens (including phenoxy) is 3. The van der Waals surface area contributed by atoms with Gasteiger partial charge < -0.3 is 24.6 Å². The van der Waals surface area contributed by atoms with Crippen molar-refractivity contribution < 1.29 is 28.9 Å². The van der Waals surface area contributed by atoms with Gasteiger partial charge in [-0.25, -0.2) is 0 Å². The number of amides is 1. The Hall–Kier alpha value is -3.22. The predicted octanol–water partition coefficient (Wildman–Crippen LogP) is 6.69. The lowest BCUT2D eigenvalue weighted by atomic mass is 9.68. The average molecular weight is 514 g/mol. The lowest BCUT2D eigenvalue weighted by Gasteiger charge is -2.37. The zero-order valence-electron chi connectivity index (χ0n) is 23.3. The van der Waals surface area contributed by atoms with Gasteiger partial charge in [0, 0.05) is 17.7 Å². The molecular weight excluding hydrogens is 470 g/mol. The summed E-state index contributed by atoms with van der Waals surface area (Å²) >= 11 is 0. The normalized spacial score (nSPS) is 12.9. The van der Waals surface area contributed by atoms with Gasteiger partial charge in [-0.2, -0.15) is 0 Å². The molecule has 1 amide bonds. The summed E-state index contributed by atoms with van der Waals surface area (Å²) in [6, 6.07) is 11.3. The summed E-state index contributed by atoms with van der Waals surface area (Å²) < 4.78 is 17.0. The van der Waals surface area contributed by atoms with Gasteiger partial charge in [-0.05, 0) is 47.9 Å². The van der Waals surface area contributed by atoms with E-state index >= 15 is 0 Å². The molecule has 204 valence electrons. The van der Waals surface area contributed by atoms with Crippen molar-refractivity contribution in [3.05, 3.63) is 47.5 Å². The highest BCUT2D eigenvalue weighted by Crippen LogP contribution is 2.49. The van der Waals surface area contributed by atoms with Crippen LogP contribution in [0.4, 0.5) is 5.69 Å². The second-order valence-electron chi connectivity index (χ2n) is 10.5. The van der Waals surface area contributed by atoms with Crippen molar-refractivity contribution in [3.63, 3.8) is 0 Å². The number of carboxylic acid groups (broad SMARTS) is 1. The van der Waals surface area contributed by atoms with Gasteiger partial charge in [0.1, 0.15) is 0 Å². The van der Waals surface area contributed by atoms with Gasteiger partial charge in [0.05, 0.1) is 27.2 Å². The first-order chi connectivity index (χ1) is 17.6. The summed E-state index contributed by atoms with van der Waals surface area (Å²) in [4.78, 5) is 25.0. The summed E-state index contributed by atoms with van der Waals surface area (Å²) in [6.45, 7) is 8.42. The number of hydrogen-bond acceptors (Lipinski definition) is 5. The fourth-order valence-corrected chi connectivity index (χ4v) is 4.99. The van der Waals surface area contributed by atoms with Crippen LogP contribution in [0.25, 0.3) is 0 Å². The van der Waals surface area contributed by atoms with Gasteiger partial charge in [0.15, 0.2) is 11.5 Å². The molecule has 0 bridgehead atoms. The van der Waals surface area contributed by atoms with Crippen LogP contribution in [0, 0.1) is 11.3 Å². The van der Waals surface area contributed by atoms with E-state index in [0.717, 1.165) is 36.8 Å². The topological polar surface area (TPSA) is 94.1 Å². The third kappa shape index (κ3) is 8.14. The molecule has 0 aliphatic heterocycles. The molecule has 2 rings (SSSR count). The number of benzene rings is 2. The van der Waals surface area contributed by atoms with Crippen LogP contribution in [0.2, 0.25) is 0 Å². The molecule has 37 heavy (non-hydrogen) atoms.